The number of phenols is 1. The smallest absolute Gasteiger partial charge is 0.319 e. The molecule has 0 aromatic heterocycles. The van der Waals surface area contributed by atoms with Gasteiger partial charge in [0.05, 0.1) is 21.3 Å². The Hall–Kier alpha value is -3.85. The van der Waals surface area contributed by atoms with Crippen LogP contribution in [0, 0.1) is 18.8 Å². The van der Waals surface area contributed by atoms with Gasteiger partial charge in [-0.25, -0.2) is 0 Å². The summed E-state index contributed by atoms with van der Waals surface area (Å²) in [6.07, 6.45) is 2.62. The maximum atomic E-state index is 13.3. The highest BCUT2D eigenvalue weighted by atomic mass is 16.6. The van der Waals surface area contributed by atoms with Crippen LogP contribution in [-0.4, -0.2) is 68.4 Å². The Bertz CT molecular complexity index is 1450. The molecule has 9 heteroatoms. The number of rotatable bonds is 5. The van der Waals surface area contributed by atoms with Crippen LogP contribution in [-0.2, 0) is 35.7 Å². The van der Waals surface area contributed by atoms with Crippen LogP contribution in [0.2, 0.25) is 0 Å². The molecular formula is C31H34N2O7. The number of oxime groups is 1. The van der Waals surface area contributed by atoms with Crippen molar-refractivity contribution in [2.24, 2.45) is 17.0 Å². The van der Waals surface area contributed by atoms with Crippen molar-refractivity contribution in [2.45, 2.75) is 43.7 Å². The van der Waals surface area contributed by atoms with E-state index in [-0.39, 0.29) is 35.7 Å². The van der Waals surface area contributed by atoms with Crippen LogP contribution in [0.3, 0.4) is 0 Å². The molecule has 4 aliphatic rings. The zero-order chi connectivity index (χ0) is 28.3. The average molecular weight is 547 g/mol. The average Bonchev–Trinajstić information content (AvgIpc) is 3.39. The van der Waals surface area contributed by atoms with Gasteiger partial charge in [0.25, 0.3) is 0 Å². The van der Waals surface area contributed by atoms with E-state index in [0.717, 1.165) is 23.2 Å². The monoisotopic (exact) mass is 546 g/mol. The van der Waals surface area contributed by atoms with E-state index in [1.807, 2.05) is 37.3 Å². The quantitative estimate of drug-likeness (QED) is 0.567. The van der Waals surface area contributed by atoms with Crippen molar-refractivity contribution in [3.63, 3.8) is 0 Å². The number of hydrogen-bond acceptors (Lipinski definition) is 9. The van der Waals surface area contributed by atoms with Crippen molar-refractivity contribution >= 4 is 17.5 Å². The van der Waals surface area contributed by atoms with Crippen LogP contribution in [0.4, 0.5) is 0 Å². The van der Waals surface area contributed by atoms with Gasteiger partial charge >= 0.3 is 5.97 Å². The minimum absolute atomic E-state index is 0.0311. The van der Waals surface area contributed by atoms with Crippen LogP contribution >= 0.6 is 0 Å². The van der Waals surface area contributed by atoms with Gasteiger partial charge in [-0.3, -0.25) is 9.59 Å². The topological polar surface area (TPSA) is 107 Å². The number of ketones is 1. The minimum atomic E-state index is -0.827. The summed E-state index contributed by atoms with van der Waals surface area (Å²) in [6, 6.07) is 9.56. The number of nitrogens with zero attached hydrogens (tertiary/aromatic N) is 2. The highest BCUT2D eigenvalue weighted by Crippen LogP contribution is 2.59. The number of carbonyl (C=O) groups is 2. The highest BCUT2D eigenvalue weighted by Gasteiger charge is 2.58. The molecule has 0 amide bonds. The number of Topliss-reactive ketones (excluding diaryl/α,β-unsaturated/α-hetero) is 1. The van der Waals surface area contributed by atoms with Crippen LogP contribution in [0.5, 0.6) is 11.5 Å². The third-order valence-electron chi connectivity index (χ3n) is 9.34. The lowest BCUT2D eigenvalue weighted by Gasteiger charge is -2.57. The number of allylic oxidation sites excluding steroid dienone is 1. The van der Waals surface area contributed by atoms with E-state index >= 15 is 0 Å². The van der Waals surface area contributed by atoms with Crippen molar-refractivity contribution in [2.75, 3.05) is 34.9 Å². The first kappa shape index (κ1) is 26.4. The summed E-state index contributed by atoms with van der Waals surface area (Å²) in [5.74, 6) is -0.759. The molecule has 5 atom stereocenters. The second-order valence-corrected chi connectivity index (χ2v) is 11.3. The van der Waals surface area contributed by atoms with Crippen LogP contribution in [0.1, 0.15) is 46.8 Å². The fraction of sp³-hybridized carbons (Fsp3) is 0.452. The van der Waals surface area contributed by atoms with Crippen LogP contribution in [0.25, 0.3) is 0 Å². The molecule has 2 aliphatic carbocycles. The number of likely N-dealkylation sites (tertiary alicyclic amines) is 1. The number of hydrogen-bond donors (Lipinski definition) is 1. The summed E-state index contributed by atoms with van der Waals surface area (Å²) in [7, 11) is 6.46. The third kappa shape index (κ3) is 3.74. The summed E-state index contributed by atoms with van der Waals surface area (Å²) >= 11 is 0. The van der Waals surface area contributed by atoms with Gasteiger partial charge in [-0.15, -0.1) is 0 Å². The van der Waals surface area contributed by atoms with Gasteiger partial charge in [-0.1, -0.05) is 35.0 Å². The van der Waals surface area contributed by atoms with E-state index in [0.29, 0.717) is 35.4 Å². The van der Waals surface area contributed by atoms with E-state index in [2.05, 4.69) is 17.1 Å². The maximum Gasteiger partial charge on any atom is 0.319 e. The Kier molecular flexibility index (Phi) is 6.37. The van der Waals surface area contributed by atoms with E-state index in [4.69, 9.17) is 19.0 Å². The van der Waals surface area contributed by atoms with Gasteiger partial charge in [0.2, 0.25) is 0 Å². The third-order valence-corrected chi connectivity index (χ3v) is 9.34. The summed E-state index contributed by atoms with van der Waals surface area (Å²) in [5, 5.41) is 16.0. The summed E-state index contributed by atoms with van der Waals surface area (Å²) in [6.45, 7) is 2.77. The maximum absolute atomic E-state index is 13.3. The second-order valence-electron chi connectivity index (χ2n) is 11.3. The zero-order valence-electron chi connectivity index (χ0n) is 23.4. The molecule has 210 valence electrons. The normalized spacial score (nSPS) is 29.0. The van der Waals surface area contributed by atoms with Crippen LogP contribution < -0.4 is 4.74 Å². The lowest BCUT2D eigenvalue weighted by atomic mass is 9.53. The van der Waals surface area contributed by atoms with E-state index in [1.54, 1.807) is 6.07 Å². The molecule has 2 aromatic carbocycles. The van der Waals surface area contributed by atoms with Gasteiger partial charge < -0.3 is 29.1 Å². The predicted octanol–water partition coefficient (Wildman–Crippen LogP) is 3.59. The SMILES string of the molecule is COC(=O)[C@@H]1C(c2ccc(C)cc2)=NO[C@H]1c1cc(OC)c(O)c2c1C[C@H]1[C@H]3C=C(OC)C(=O)C[C@@]23CCN1C. The first-order valence-corrected chi connectivity index (χ1v) is 13.5. The predicted molar refractivity (Wildman–Crippen MR) is 146 cm³/mol. The molecule has 1 fully saturated rings. The molecule has 6 rings (SSSR count). The number of benzene rings is 2. The largest absolute Gasteiger partial charge is 0.504 e. The summed E-state index contributed by atoms with van der Waals surface area (Å²) in [5.41, 5.74) is 3.98. The molecule has 1 saturated heterocycles. The zero-order valence-corrected chi connectivity index (χ0v) is 23.4. The second kappa shape index (κ2) is 9.66. The van der Waals surface area contributed by atoms with Crippen molar-refractivity contribution in [3.8, 4) is 11.5 Å². The number of aryl methyl sites for hydroxylation is 1. The Balaban J connectivity index is 1.55. The highest BCUT2D eigenvalue weighted by molar-refractivity contribution is 6.13. The van der Waals surface area contributed by atoms with Gasteiger partial charge in [-0.05, 0) is 51.1 Å². The number of esters is 1. The fourth-order valence-corrected chi connectivity index (χ4v) is 7.31. The van der Waals surface area contributed by atoms with Crippen LogP contribution in [0.15, 0.2) is 47.3 Å². The molecule has 40 heavy (non-hydrogen) atoms. The number of aromatic hydroxyl groups is 1. The van der Waals surface area contributed by atoms with Crippen molar-refractivity contribution in [3.05, 3.63) is 70.0 Å². The lowest BCUT2D eigenvalue weighted by Crippen LogP contribution is -2.60. The minimum Gasteiger partial charge on any atom is -0.504 e. The van der Waals surface area contributed by atoms with Gasteiger partial charge in [-0.2, -0.15) is 0 Å². The molecule has 1 N–H and O–H groups in total. The number of ether oxygens (including phenoxy) is 3. The molecule has 0 spiro atoms. The van der Waals surface area contributed by atoms with Crippen molar-refractivity contribution in [1.29, 1.82) is 0 Å². The molecule has 0 radical (unpaired) electrons. The van der Waals surface area contributed by atoms with Gasteiger partial charge in [0.1, 0.15) is 11.6 Å². The van der Waals surface area contributed by atoms with E-state index in [1.165, 1.54) is 21.3 Å². The molecule has 0 unspecified atom stereocenters. The first-order valence-electron chi connectivity index (χ1n) is 13.5. The molecule has 9 nitrogen and oxygen atoms in total. The Morgan fingerprint density at radius 2 is 1.93 bits per heavy atom. The van der Waals surface area contributed by atoms with E-state index < -0.39 is 23.4 Å². The Morgan fingerprint density at radius 3 is 2.60 bits per heavy atom. The molecule has 2 heterocycles. The van der Waals surface area contributed by atoms with Gasteiger partial charge in [0.15, 0.2) is 29.1 Å². The Labute approximate surface area is 233 Å². The Morgan fingerprint density at radius 1 is 1.18 bits per heavy atom. The van der Waals surface area contributed by atoms with Crippen molar-refractivity contribution < 1.29 is 33.7 Å². The lowest BCUT2D eigenvalue weighted by molar-refractivity contribution is -0.146. The van der Waals surface area contributed by atoms with Gasteiger partial charge in [0, 0.05) is 40.5 Å². The number of fused-ring (bicyclic) bond motifs is 1. The molecule has 2 aliphatic heterocycles. The summed E-state index contributed by atoms with van der Waals surface area (Å²) in [4.78, 5) is 34.9. The molecule has 0 saturated carbocycles. The standard InChI is InChI=1S/C31H34N2O7/c1-16-6-8-17(9-7-16)27-25(30(36)39-5)29(40-32-27)19-13-24(38-4)28(35)26-18(19)12-21-20-14-23(37-3)22(34)15-31(20,26)10-11-33(21)2/h6-9,13-14,20-21,25,29,35H,10-12,15H2,1-5H3/t20-,21+,25-,29+,31-/m1/s1. The van der Waals surface area contributed by atoms with Crippen molar-refractivity contribution in [1.82, 2.24) is 4.90 Å². The number of likely N-dealkylation sites (N-methyl/N-ethyl adjacent to an activating group) is 1. The van der Waals surface area contributed by atoms with E-state index in [9.17, 15) is 14.7 Å². The molecule has 2 bridgehead atoms. The number of methoxy groups -OCH3 is 3. The molecule has 2 aromatic rings. The number of piperidine rings is 1. The first-order chi connectivity index (χ1) is 19.2. The number of phenolic OH excluding ortho intramolecular Hbond substituents is 1. The molecular weight excluding hydrogens is 512 g/mol. The fourth-order valence-electron chi connectivity index (χ4n) is 7.31. The summed E-state index contributed by atoms with van der Waals surface area (Å²) < 4.78 is 16.4. The number of carbonyl (C=O) groups excluding carboxylic acids is 2.